The average Bonchev–Trinajstić information content (AvgIpc) is 3.27. The number of aliphatic carboxylic acids is 1. The number of hydrogen-bond donors (Lipinski definition) is 1. The molecule has 5 nitrogen and oxygen atoms in total. The predicted octanol–water partition coefficient (Wildman–Crippen LogP) is 6.36. The van der Waals surface area contributed by atoms with Gasteiger partial charge in [-0.25, -0.2) is 4.79 Å². The van der Waals surface area contributed by atoms with Gasteiger partial charge in [-0.2, -0.15) is 0 Å². The van der Waals surface area contributed by atoms with Gasteiger partial charge >= 0.3 is 11.9 Å². The number of carboxylic acids is 1. The van der Waals surface area contributed by atoms with E-state index in [2.05, 4.69) is 53.8 Å². The van der Waals surface area contributed by atoms with Gasteiger partial charge in [-0.3, -0.25) is 4.79 Å². The number of hydrogen-bond acceptors (Lipinski definition) is 4. The number of ether oxygens (including phenoxy) is 1. The Bertz CT molecular complexity index is 952. The van der Waals surface area contributed by atoms with Crippen LogP contribution in [0.5, 0.6) is 5.75 Å². The summed E-state index contributed by atoms with van der Waals surface area (Å²) >= 11 is 0. The fraction of sp³-hybridized carbons (Fsp3) is 0.615. The van der Waals surface area contributed by atoms with Crippen molar-refractivity contribution in [3.05, 3.63) is 39.5 Å². The molecule has 1 aromatic rings. The van der Waals surface area contributed by atoms with Crippen LogP contribution in [0, 0.1) is 12.8 Å². The Morgan fingerprint density at radius 2 is 1.97 bits per heavy atom. The van der Waals surface area contributed by atoms with Crippen molar-refractivity contribution in [2.75, 3.05) is 0 Å². The molecule has 1 aliphatic carbocycles. The second-order valence-corrected chi connectivity index (χ2v) is 15.5. The van der Waals surface area contributed by atoms with Crippen molar-refractivity contribution in [2.45, 2.75) is 97.9 Å². The summed E-state index contributed by atoms with van der Waals surface area (Å²) in [5.74, 6) is -0.211. The van der Waals surface area contributed by atoms with Gasteiger partial charge in [-0.15, -0.1) is 0 Å². The third-order valence-electron chi connectivity index (χ3n) is 7.67. The van der Waals surface area contributed by atoms with Crippen molar-refractivity contribution in [3.63, 3.8) is 0 Å². The molecule has 0 saturated heterocycles. The molecule has 1 N–H and O–H groups in total. The smallest absolute Gasteiger partial charge is 0.342 e. The zero-order chi connectivity index (χ0) is 23.8. The molecule has 1 heterocycles. The molecule has 0 amide bonds. The van der Waals surface area contributed by atoms with Crippen LogP contribution in [-0.2, 0) is 29.0 Å². The Morgan fingerprint density at radius 3 is 2.56 bits per heavy atom. The van der Waals surface area contributed by atoms with Gasteiger partial charge in [0.1, 0.15) is 17.9 Å². The number of fused-ring (bicyclic) bond motifs is 1. The van der Waals surface area contributed by atoms with Crippen LogP contribution in [0.2, 0.25) is 18.1 Å². The maximum absolute atomic E-state index is 12.8. The summed E-state index contributed by atoms with van der Waals surface area (Å²) in [4.78, 5) is 24.1. The Morgan fingerprint density at radius 1 is 1.28 bits per heavy atom. The Balaban J connectivity index is 2.13. The van der Waals surface area contributed by atoms with Crippen LogP contribution in [0.15, 0.2) is 11.6 Å². The summed E-state index contributed by atoms with van der Waals surface area (Å²) < 4.78 is 12.3. The van der Waals surface area contributed by atoms with Crippen LogP contribution in [0.3, 0.4) is 0 Å². The van der Waals surface area contributed by atoms with Crippen molar-refractivity contribution in [2.24, 2.45) is 5.92 Å². The first kappa shape index (κ1) is 24.6. The summed E-state index contributed by atoms with van der Waals surface area (Å²) in [5, 5.41) is 9.28. The van der Waals surface area contributed by atoms with Gasteiger partial charge in [0.15, 0.2) is 0 Å². The number of benzene rings is 1. The zero-order valence-electron chi connectivity index (χ0n) is 20.7. The number of carbonyl (C=O) groups is 2. The maximum atomic E-state index is 12.8. The first-order chi connectivity index (χ1) is 14.9. The molecule has 1 saturated carbocycles. The number of cyclic esters (lactones) is 1. The predicted molar refractivity (Wildman–Crippen MR) is 129 cm³/mol. The van der Waals surface area contributed by atoms with Crippen LogP contribution in [0.25, 0.3) is 0 Å². The number of allylic oxidation sites excluding steroid dienone is 2. The molecular formula is C26H38O5Si. The molecule has 1 aliphatic heterocycles. The number of rotatable bonds is 7. The van der Waals surface area contributed by atoms with Gasteiger partial charge < -0.3 is 14.3 Å². The van der Waals surface area contributed by atoms with Gasteiger partial charge in [0.2, 0.25) is 0 Å². The molecule has 1 atom stereocenters. The maximum Gasteiger partial charge on any atom is 0.342 e. The van der Waals surface area contributed by atoms with Gasteiger partial charge in [0.05, 0.1) is 6.42 Å². The zero-order valence-corrected chi connectivity index (χ0v) is 21.7. The molecular weight excluding hydrogens is 420 g/mol. The van der Waals surface area contributed by atoms with E-state index in [1.54, 1.807) is 0 Å². The highest BCUT2D eigenvalue weighted by atomic mass is 28.4. The SMILES string of the molecule is CCc1c(C)c2c(c(O[Si](C)(C)C(C)(C)C)c1C/C=C1\CCCC1CC(=O)O)C(=O)OC2. The molecule has 32 heavy (non-hydrogen) atoms. The highest BCUT2D eigenvalue weighted by Gasteiger charge is 2.42. The summed E-state index contributed by atoms with van der Waals surface area (Å²) in [6.45, 7) is 15.5. The van der Waals surface area contributed by atoms with E-state index in [0.29, 0.717) is 24.3 Å². The van der Waals surface area contributed by atoms with E-state index in [1.807, 2.05) is 0 Å². The third-order valence-corrected chi connectivity index (χ3v) is 12.0. The minimum atomic E-state index is -2.20. The van der Waals surface area contributed by atoms with Crippen LogP contribution in [0.1, 0.15) is 86.0 Å². The summed E-state index contributed by atoms with van der Waals surface area (Å²) in [6.07, 6.45) is 6.81. The molecule has 0 radical (unpaired) electrons. The second-order valence-electron chi connectivity index (χ2n) is 10.7. The highest BCUT2D eigenvalue weighted by molar-refractivity contribution is 6.74. The van der Waals surface area contributed by atoms with Crippen molar-refractivity contribution in [3.8, 4) is 5.75 Å². The lowest BCUT2D eigenvalue weighted by Gasteiger charge is -2.38. The average molecular weight is 459 g/mol. The lowest BCUT2D eigenvalue weighted by atomic mass is 9.88. The van der Waals surface area contributed by atoms with Crippen LogP contribution in [-0.4, -0.2) is 25.4 Å². The van der Waals surface area contributed by atoms with Crippen molar-refractivity contribution < 1.29 is 23.9 Å². The third kappa shape index (κ3) is 4.66. The van der Waals surface area contributed by atoms with Gasteiger partial charge in [-0.05, 0) is 74.2 Å². The molecule has 0 aromatic heterocycles. The van der Waals surface area contributed by atoms with E-state index in [0.717, 1.165) is 42.4 Å². The lowest BCUT2D eigenvalue weighted by molar-refractivity contribution is -0.137. The molecule has 0 spiro atoms. The topological polar surface area (TPSA) is 72.8 Å². The monoisotopic (exact) mass is 458 g/mol. The molecule has 3 rings (SSSR count). The molecule has 1 unspecified atom stereocenters. The van der Waals surface area contributed by atoms with Crippen LogP contribution < -0.4 is 4.43 Å². The van der Waals surface area contributed by atoms with E-state index >= 15 is 0 Å². The van der Waals surface area contributed by atoms with E-state index < -0.39 is 14.3 Å². The Labute approximate surface area is 193 Å². The van der Waals surface area contributed by atoms with E-state index in [4.69, 9.17) is 9.16 Å². The standard InChI is InChI=1S/C26H38O5Si/c1-8-19-16(2)21-15-30-25(29)23(21)24(31-32(6,7)26(3,4)5)20(19)13-12-17-10-9-11-18(17)14-22(27)28/h12,18H,8-11,13-15H2,1-7H3,(H,27,28)/b17-12+. The lowest BCUT2D eigenvalue weighted by Crippen LogP contribution is -2.44. The Kier molecular flexibility index (Phi) is 6.94. The number of carbonyl (C=O) groups excluding carboxylic acids is 1. The van der Waals surface area contributed by atoms with Crippen LogP contribution >= 0.6 is 0 Å². The number of carboxylic acid groups (broad SMARTS) is 1. The molecule has 176 valence electrons. The Hall–Kier alpha value is -2.08. The van der Waals surface area contributed by atoms with Gasteiger partial charge in [-0.1, -0.05) is 39.3 Å². The van der Waals surface area contributed by atoms with Crippen LogP contribution in [0.4, 0.5) is 0 Å². The molecule has 0 bridgehead atoms. The van der Waals surface area contributed by atoms with Gasteiger partial charge in [0.25, 0.3) is 8.32 Å². The van der Waals surface area contributed by atoms with Crippen molar-refractivity contribution >= 4 is 20.3 Å². The minimum absolute atomic E-state index is 0.00652. The first-order valence-corrected chi connectivity index (χ1v) is 14.7. The van der Waals surface area contributed by atoms with E-state index in [1.165, 1.54) is 11.1 Å². The van der Waals surface area contributed by atoms with Gasteiger partial charge in [0, 0.05) is 11.1 Å². The first-order valence-electron chi connectivity index (χ1n) is 11.8. The van der Waals surface area contributed by atoms with Crippen molar-refractivity contribution in [1.82, 2.24) is 0 Å². The molecule has 1 aromatic carbocycles. The molecule has 6 heteroatoms. The van der Waals surface area contributed by atoms with E-state index in [-0.39, 0.29) is 23.3 Å². The fourth-order valence-corrected chi connectivity index (χ4v) is 5.77. The fourth-order valence-electron chi connectivity index (χ4n) is 4.73. The molecule has 1 fully saturated rings. The summed E-state index contributed by atoms with van der Waals surface area (Å²) in [7, 11) is -2.20. The van der Waals surface area contributed by atoms with Crippen molar-refractivity contribution in [1.29, 1.82) is 0 Å². The number of esters is 1. The summed E-state index contributed by atoms with van der Waals surface area (Å²) in [5.41, 5.74) is 6.21. The highest BCUT2D eigenvalue weighted by Crippen LogP contribution is 2.44. The minimum Gasteiger partial charge on any atom is -0.543 e. The summed E-state index contributed by atoms with van der Waals surface area (Å²) in [6, 6.07) is 0. The normalized spacial score (nSPS) is 19.9. The van der Waals surface area contributed by atoms with E-state index in [9.17, 15) is 14.7 Å². The second kappa shape index (κ2) is 9.04. The largest absolute Gasteiger partial charge is 0.543 e. The molecule has 2 aliphatic rings. The quantitative estimate of drug-likeness (QED) is 0.292.